The number of aromatic hydroxyl groups is 1. The fraction of sp³-hybridized carbons (Fsp3) is 0.375. The van der Waals surface area contributed by atoms with Gasteiger partial charge >= 0.3 is 0 Å². The lowest BCUT2D eigenvalue weighted by atomic mass is 10.3. The van der Waals surface area contributed by atoms with Crippen molar-refractivity contribution < 1.29 is 5.11 Å². The maximum absolute atomic E-state index is 11.1. The molecule has 1 fully saturated rings. The number of hydrogen-bond acceptors (Lipinski definition) is 3. The van der Waals surface area contributed by atoms with E-state index in [-0.39, 0.29) is 11.2 Å². The molecule has 0 amide bonds. The zero-order chi connectivity index (χ0) is 9.47. The van der Waals surface area contributed by atoms with Crippen molar-refractivity contribution in [3.8, 4) is 5.75 Å². The summed E-state index contributed by atoms with van der Waals surface area (Å²) in [5.41, 5.74) is 0.320. The molecule has 3 nitrogen and oxygen atoms in total. The van der Waals surface area contributed by atoms with Crippen LogP contribution in [0.4, 0.5) is 0 Å². The molecule has 1 aliphatic heterocycles. The summed E-state index contributed by atoms with van der Waals surface area (Å²) in [6.07, 6.45) is 1.57. The van der Waals surface area contributed by atoms with E-state index >= 15 is 0 Å². The lowest BCUT2D eigenvalue weighted by Crippen LogP contribution is -2.03. The van der Waals surface area contributed by atoms with E-state index in [1.807, 2.05) is 0 Å². The second-order valence-electron chi connectivity index (χ2n) is 3.22. The molecule has 2 heterocycles. The van der Waals surface area contributed by atoms with E-state index in [1.165, 1.54) is 6.07 Å². The molecule has 1 aliphatic rings. The predicted octanol–water partition coefficient (Wildman–Crippen LogP) is 1.24. The van der Waals surface area contributed by atoms with Gasteiger partial charge in [-0.2, -0.15) is 9.06 Å². The van der Waals surface area contributed by atoms with Crippen molar-refractivity contribution in [2.24, 2.45) is 0 Å². The Bertz CT molecular complexity index is 384. The number of rotatable bonds is 2. The van der Waals surface area contributed by atoms with Crippen LogP contribution in [0.2, 0.25) is 0 Å². The number of nitrogens with one attached hydrogen (secondary N) is 1. The third-order valence-corrected chi connectivity index (χ3v) is 5.76. The minimum atomic E-state index is -0.802. The SMILES string of the molecule is O=c1cc[nH]c(CS2(S)CC2)c1O. The van der Waals surface area contributed by atoms with Crippen molar-refractivity contribution in [3.05, 3.63) is 28.2 Å². The van der Waals surface area contributed by atoms with Crippen LogP contribution in [0, 0.1) is 0 Å². The topological polar surface area (TPSA) is 53.1 Å². The van der Waals surface area contributed by atoms with E-state index in [0.29, 0.717) is 5.69 Å². The summed E-state index contributed by atoms with van der Waals surface area (Å²) >= 11 is 4.51. The molecule has 5 heteroatoms. The molecule has 1 aromatic rings. The molecule has 13 heavy (non-hydrogen) atoms. The zero-order valence-corrected chi connectivity index (χ0v) is 8.70. The molecule has 0 unspecified atom stereocenters. The third kappa shape index (κ3) is 1.86. The van der Waals surface area contributed by atoms with E-state index in [9.17, 15) is 9.90 Å². The first kappa shape index (κ1) is 9.02. The van der Waals surface area contributed by atoms with Crippen LogP contribution in [-0.2, 0) is 5.75 Å². The number of hydrogen-bond donors (Lipinski definition) is 3. The molecular formula is C8H11NO2S2. The minimum absolute atomic E-state index is 0.143. The molecule has 2 rings (SSSR count). The Hall–Kier alpha value is -0.550. The number of pyridine rings is 1. The summed E-state index contributed by atoms with van der Waals surface area (Å²) in [7, 11) is -0.802. The highest BCUT2D eigenvalue weighted by Crippen LogP contribution is 2.67. The normalized spacial score (nSPS) is 21.0. The Morgan fingerprint density at radius 3 is 2.92 bits per heavy atom. The summed E-state index contributed by atoms with van der Waals surface area (Å²) in [6, 6.07) is 1.33. The van der Waals surface area contributed by atoms with Crippen LogP contribution < -0.4 is 5.43 Å². The summed E-state index contributed by atoms with van der Waals surface area (Å²) in [5, 5.41) is 9.42. The van der Waals surface area contributed by atoms with Gasteiger partial charge in [0.05, 0.1) is 5.69 Å². The molecular weight excluding hydrogens is 206 g/mol. The van der Waals surface area contributed by atoms with Gasteiger partial charge in [0, 0.05) is 18.0 Å². The number of thiol groups is 1. The Morgan fingerprint density at radius 2 is 2.31 bits per heavy atom. The van der Waals surface area contributed by atoms with Crippen LogP contribution in [0.3, 0.4) is 0 Å². The molecule has 1 saturated heterocycles. The summed E-state index contributed by atoms with van der Waals surface area (Å²) in [5.74, 6) is 2.84. The molecule has 0 spiro atoms. The van der Waals surface area contributed by atoms with E-state index in [4.69, 9.17) is 0 Å². The summed E-state index contributed by atoms with van der Waals surface area (Å²) in [4.78, 5) is 14.0. The van der Waals surface area contributed by atoms with Crippen molar-refractivity contribution in [2.75, 3.05) is 11.5 Å². The highest BCUT2D eigenvalue weighted by atomic mass is 33.1. The molecule has 1 aromatic heterocycles. The fourth-order valence-corrected chi connectivity index (χ4v) is 4.01. The minimum Gasteiger partial charge on any atom is -0.503 e. The van der Waals surface area contributed by atoms with Crippen LogP contribution in [0.25, 0.3) is 0 Å². The number of aromatic nitrogens is 1. The zero-order valence-electron chi connectivity index (χ0n) is 6.99. The van der Waals surface area contributed by atoms with E-state index in [1.54, 1.807) is 6.20 Å². The molecule has 0 bridgehead atoms. The molecule has 0 saturated carbocycles. The Labute approximate surface area is 82.3 Å². The van der Waals surface area contributed by atoms with Gasteiger partial charge in [0.2, 0.25) is 5.43 Å². The second-order valence-corrected chi connectivity index (χ2v) is 8.65. The van der Waals surface area contributed by atoms with Gasteiger partial charge in [0.15, 0.2) is 5.75 Å². The smallest absolute Gasteiger partial charge is 0.223 e. The van der Waals surface area contributed by atoms with Crippen LogP contribution in [0.1, 0.15) is 5.69 Å². The monoisotopic (exact) mass is 217 g/mol. The number of aromatic amines is 1. The highest BCUT2D eigenvalue weighted by molar-refractivity contribution is 8.90. The largest absolute Gasteiger partial charge is 0.503 e. The van der Waals surface area contributed by atoms with Crippen molar-refractivity contribution in [1.82, 2.24) is 4.98 Å². The first-order valence-electron chi connectivity index (χ1n) is 3.99. The van der Waals surface area contributed by atoms with Gasteiger partial charge in [-0.25, -0.2) is 0 Å². The quantitative estimate of drug-likeness (QED) is 0.396. The Kier molecular flexibility index (Phi) is 2.08. The highest BCUT2D eigenvalue weighted by Gasteiger charge is 2.34. The predicted molar refractivity (Wildman–Crippen MR) is 58.7 cm³/mol. The van der Waals surface area contributed by atoms with Crippen LogP contribution in [0.15, 0.2) is 17.1 Å². The Morgan fingerprint density at radius 1 is 1.62 bits per heavy atom. The van der Waals surface area contributed by atoms with Gasteiger partial charge in [0.1, 0.15) is 0 Å². The molecule has 2 N–H and O–H groups in total. The van der Waals surface area contributed by atoms with E-state index in [2.05, 4.69) is 16.6 Å². The van der Waals surface area contributed by atoms with Gasteiger partial charge in [0.25, 0.3) is 0 Å². The van der Waals surface area contributed by atoms with Crippen molar-refractivity contribution in [3.63, 3.8) is 0 Å². The van der Waals surface area contributed by atoms with Crippen LogP contribution in [-0.4, -0.2) is 21.6 Å². The molecule has 0 aromatic carbocycles. The van der Waals surface area contributed by atoms with Crippen molar-refractivity contribution in [2.45, 2.75) is 5.75 Å². The van der Waals surface area contributed by atoms with Gasteiger partial charge in [-0.15, -0.1) is 11.7 Å². The summed E-state index contributed by atoms with van der Waals surface area (Å²) < 4.78 is 0. The lowest BCUT2D eigenvalue weighted by Gasteiger charge is -2.12. The lowest BCUT2D eigenvalue weighted by molar-refractivity contribution is 0.462. The third-order valence-electron chi connectivity index (χ3n) is 2.10. The first-order valence-corrected chi connectivity index (χ1v) is 7.18. The molecule has 0 radical (unpaired) electrons. The van der Waals surface area contributed by atoms with Crippen LogP contribution >= 0.6 is 20.7 Å². The maximum Gasteiger partial charge on any atom is 0.223 e. The van der Waals surface area contributed by atoms with Gasteiger partial charge in [-0.05, 0) is 11.5 Å². The van der Waals surface area contributed by atoms with Crippen molar-refractivity contribution in [1.29, 1.82) is 0 Å². The first-order chi connectivity index (χ1) is 6.11. The van der Waals surface area contributed by atoms with Gasteiger partial charge in [-0.3, -0.25) is 4.79 Å². The number of H-pyrrole nitrogens is 1. The van der Waals surface area contributed by atoms with Crippen LogP contribution in [0.5, 0.6) is 5.75 Å². The molecule has 0 aliphatic carbocycles. The molecule has 72 valence electrons. The average molecular weight is 217 g/mol. The van der Waals surface area contributed by atoms with Crippen molar-refractivity contribution >= 4 is 20.7 Å². The summed E-state index contributed by atoms with van der Waals surface area (Å²) in [6.45, 7) is 0. The molecule has 0 atom stereocenters. The standard InChI is InChI=1S/C8H11NO2S2/c10-7-1-2-9-6(8(7)11)5-13(12)3-4-13/h1-2,11-12H,3-5H2,(H,9,10). The average Bonchev–Trinajstić information content (AvgIpc) is 2.78. The van der Waals surface area contributed by atoms with Gasteiger partial charge < -0.3 is 10.1 Å². The van der Waals surface area contributed by atoms with Gasteiger partial charge in [-0.1, -0.05) is 0 Å². The fourth-order valence-electron chi connectivity index (χ4n) is 1.13. The Balaban J connectivity index is 2.30. The maximum atomic E-state index is 11.1. The van der Waals surface area contributed by atoms with E-state index < -0.39 is 9.06 Å². The van der Waals surface area contributed by atoms with E-state index in [0.717, 1.165) is 17.3 Å². The second kappa shape index (κ2) is 2.99.